The Kier molecular flexibility index (Phi) is 3.46. The number of ether oxygens (including phenoxy) is 1. The molecule has 1 saturated heterocycles. The summed E-state index contributed by atoms with van der Waals surface area (Å²) in [4.78, 5) is 0. The molecule has 0 aromatic heterocycles. The maximum absolute atomic E-state index is 5.93. The first kappa shape index (κ1) is 11.3. The summed E-state index contributed by atoms with van der Waals surface area (Å²) in [6.07, 6.45) is 3.76. The molecule has 0 saturated carbocycles. The number of fused-ring (bicyclic) bond motifs is 1. The van der Waals surface area contributed by atoms with Gasteiger partial charge in [0.25, 0.3) is 0 Å². The minimum Gasteiger partial charge on any atom is -0.493 e. The van der Waals surface area contributed by atoms with Gasteiger partial charge in [-0.25, -0.2) is 0 Å². The van der Waals surface area contributed by atoms with Crippen LogP contribution >= 0.6 is 11.8 Å². The van der Waals surface area contributed by atoms with Crippen LogP contribution in [-0.4, -0.2) is 24.7 Å². The Morgan fingerprint density at radius 1 is 1.29 bits per heavy atom. The lowest BCUT2D eigenvalue weighted by atomic mass is 10.0. The molecule has 0 amide bonds. The Morgan fingerprint density at radius 3 is 3.06 bits per heavy atom. The molecule has 3 rings (SSSR count). The molecule has 92 valence electrons. The number of anilines is 1. The fraction of sp³-hybridized carbons (Fsp3) is 0.571. The van der Waals surface area contributed by atoms with Gasteiger partial charge in [-0.05, 0) is 60.4 Å². The van der Waals surface area contributed by atoms with E-state index in [2.05, 4.69) is 35.3 Å². The third-order valence-corrected chi connectivity index (χ3v) is 4.66. The normalized spacial score (nSPS) is 19.8. The molecule has 0 radical (unpaired) electrons. The Morgan fingerprint density at radius 2 is 2.18 bits per heavy atom. The van der Waals surface area contributed by atoms with E-state index in [0.29, 0.717) is 0 Å². The molecule has 0 unspecified atom stereocenters. The topological polar surface area (TPSA) is 21.3 Å². The molecule has 0 bridgehead atoms. The third-order valence-electron chi connectivity index (χ3n) is 3.61. The molecule has 0 atom stereocenters. The molecule has 0 spiro atoms. The van der Waals surface area contributed by atoms with Gasteiger partial charge >= 0.3 is 0 Å². The molecule has 2 nitrogen and oxygen atoms in total. The van der Waals surface area contributed by atoms with Gasteiger partial charge in [-0.15, -0.1) is 0 Å². The Balaban J connectivity index is 1.57. The molecule has 2 aliphatic heterocycles. The van der Waals surface area contributed by atoms with Crippen molar-refractivity contribution >= 4 is 17.4 Å². The molecule has 0 aliphatic carbocycles. The summed E-state index contributed by atoms with van der Waals surface area (Å²) in [7, 11) is 0. The Bertz CT molecular complexity index is 388. The number of thioether (sulfide) groups is 1. The molecule has 2 aliphatic rings. The second-order valence-corrected chi connectivity index (χ2v) is 6.09. The van der Waals surface area contributed by atoms with Crippen LogP contribution in [0, 0.1) is 5.92 Å². The first-order valence-corrected chi connectivity index (χ1v) is 7.64. The fourth-order valence-electron chi connectivity index (χ4n) is 2.50. The van der Waals surface area contributed by atoms with E-state index >= 15 is 0 Å². The van der Waals surface area contributed by atoms with Crippen LogP contribution in [0.15, 0.2) is 18.2 Å². The number of nitrogens with one attached hydrogen (secondary N) is 1. The zero-order valence-electron chi connectivity index (χ0n) is 10.1. The molecule has 17 heavy (non-hydrogen) atoms. The smallest absolute Gasteiger partial charge is 0.119 e. The predicted molar refractivity (Wildman–Crippen MR) is 74.2 cm³/mol. The van der Waals surface area contributed by atoms with Gasteiger partial charge in [-0.3, -0.25) is 0 Å². The van der Waals surface area contributed by atoms with E-state index in [9.17, 15) is 0 Å². The van der Waals surface area contributed by atoms with Crippen LogP contribution in [0.4, 0.5) is 5.69 Å². The second kappa shape index (κ2) is 5.21. The summed E-state index contributed by atoms with van der Waals surface area (Å²) in [5.74, 6) is 4.43. The molecule has 1 aromatic rings. The van der Waals surface area contributed by atoms with Gasteiger partial charge in [-0.1, -0.05) is 0 Å². The quantitative estimate of drug-likeness (QED) is 0.889. The molecule has 2 heterocycles. The van der Waals surface area contributed by atoms with Gasteiger partial charge in [-0.2, -0.15) is 11.8 Å². The van der Waals surface area contributed by atoms with Crippen LogP contribution in [0.5, 0.6) is 5.75 Å². The maximum atomic E-state index is 5.93. The van der Waals surface area contributed by atoms with Crippen molar-refractivity contribution in [3.05, 3.63) is 23.8 Å². The van der Waals surface area contributed by atoms with Crippen LogP contribution in [0.3, 0.4) is 0 Å². The lowest BCUT2D eigenvalue weighted by Crippen LogP contribution is -2.17. The zero-order valence-corrected chi connectivity index (χ0v) is 10.9. The van der Waals surface area contributed by atoms with Crippen LogP contribution in [-0.2, 0) is 6.42 Å². The summed E-state index contributed by atoms with van der Waals surface area (Å²) in [6.45, 7) is 1.96. The molecular formula is C14H19NOS. The highest BCUT2D eigenvalue weighted by Crippen LogP contribution is 2.28. The molecule has 1 aromatic carbocycles. The van der Waals surface area contributed by atoms with E-state index in [1.807, 2.05) is 0 Å². The maximum Gasteiger partial charge on any atom is 0.119 e. The largest absolute Gasteiger partial charge is 0.493 e. The third kappa shape index (κ3) is 2.71. The molecule has 1 fully saturated rings. The molecule has 3 heteroatoms. The number of hydrogen-bond donors (Lipinski definition) is 1. The number of hydrogen-bond acceptors (Lipinski definition) is 3. The fourth-order valence-corrected chi connectivity index (χ4v) is 3.70. The van der Waals surface area contributed by atoms with Crippen LogP contribution in [0.1, 0.15) is 18.4 Å². The van der Waals surface area contributed by atoms with E-state index in [1.165, 1.54) is 35.6 Å². The second-order valence-electron chi connectivity index (χ2n) is 4.86. The van der Waals surface area contributed by atoms with E-state index in [1.54, 1.807) is 0 Å². The number of rotatable bonds is 3. The van der Waals surface area contributed by atoms with E-state index in [-0.39, 0.29) is 0 Å². The Labute approximate surface area is 107 Å². The van der Waals surface area contributed by atoms with Crippen molar-refractivity contribution in [2.75, 3.05) is 30.0 Å². The summed E-state index contributed by atoms with van der Waals surface area (Å²) < 4.78 is 5.93. The minimum atomic E-state index is 0.766. The van der Waals surface area contributed by atoms with E-state index in [4.69, 9.17) is 4.74 Å². The summed E-state index contributed by atoms with van der Waals surface area (Å²) in [5, 5.41) is 3.37. The van der Waals surface area contributed by atoms with Crippen molar-refractivity contribution in [2.45, 2.75) is 19.3 Å². The van der Waals surface area contributed by atoms with Gasteiger partial charge in [0.15, 0.2) is 0 Å². The number of benzene rings is 1. The van der Waals surface area contributed by atoms with E-state index in [0.717, 1.165) is 31.2 Å². The van der Waals surface area contributed by atoms with Crippen LogP contribution in [0.25, 0.3) is 0 Å². The van der Waals surface area contributed by atoms with Crippen molar-refractivity contribution in [1.29, 1.82) is 0 Å². The van der Waals surface area contributed by atoms with Crippen molar-refractivity contribution < 1.29 is 4.74 Å². The first-order valence-electron chi connectivity index (χ1n) is 6.49. The lowest BCUT2D eigenvalue weighted by Gasteiger charge is -2.21. The predicted octanol–water partition coefficient (Wildman–Crippen LogP) is 3.18. The van der Waals surface area contributed by atoms with Crippen LogP contribution < -0.4 is 10.1 Å². The molecular weight excluding hydrogens is 230 g/mol. The molecule has 1 N–H and O–H groups in total. The van der Waals surface area contributed by atoms with Crippen LogP contribution in [0.2, 0.25) is 0 Å². The van der Waals surface area contributed by atoms with Crippen molar-refractivity contribution in [2.24, 2.45) is 5.92 Å². The van der Waals surface area contributed by atoms with E-state index < -0.39 is 0 Å². The SMILES string of the molecule is c1cc2c(cc1OCC1CCSCC1)CCN2. The lowest BCUT2D eigenvalue weighted by molar-refractivity contribution is 0.240. The van der Waals surface area contributed by atoms with Gasteiger partial charge in [0.05, 0.1) is 6.61 Å². The summed E-state index contributed by atoms with van der Waals surface area (Å²) >= 11 is 2.07. The van der Waals surface area contributed by atoms with Crippen molar-refractivity contribution in [3.63, 3.8) is 0 Å². The van der Waals surface area contributed by atoms with Crippen molar-refractivity contribution in [1.82, 2.24) is 0 Å². The summed E-state index contributed by atoms with van der Waals surface area (Å²) in [5.41, 5.74) is 2.69. The zero-order chi connectivity index (χ0) is 11.5. The first-order chi connectivity index (χ1) is 8.42. The van der Waals surface area contributed by atoms with Gasteiger partial charge < -0.3 is 10.1 Å². The Hall–Kier alpha value is -0.830. The van der Waals surface area contributed by atoms with Crippen molar-refractivity contribution in [3.8, 4) is 5.75 Å². The summed E-state index contributed by atoms with van der Waals surface area (Å²) in [6, 6.07) is 6.44. The van der Waals surface area contributed by atoms with Gasteiger partial charge in [0, 0.05) is 12.2 Å². The van der Waals surface area contributed by atoms with Gasteiger partial charge in [0.1, 0.15) is 5.75 Å². The standard InChI is InChI=1S/C14H19NOS/c1-2-14-12(3-6-15-14)9-13(1)16-10-11-4-7-17-8-5-11/h1-2,9,11,15H,3-8,10H2. The highest BCUT2D eigenvalue weighted by Gasteiger charge is 2.15. The average molecular weight is 249 g/mol. The highest BCUT2D eigenvalue weighted by atomic mass is 32.2. The highest BCUT2D eigenvalue weighted by molar-refractivity contribution is 7.99. The minimum absolute atomic E-state index is 0.766. The van der Waals surface area contributed by atoms with Gasteiger partial charge in [0.2, 0.25) is 0 Å². The monoisotopic (exact) mass is 249 g/mol. The average Bonchev–Trinajstić information content (AvgIpc) is 2.85.